The molecule has 1 saturated carbocycles. The average molecular weight is 535 g/mol. The van der Waals surface area contributed by atoms with Gasteiger partial charge in [-0.1, -0.05) is 36.4 Å². The number of carbonyl (C=O) groups is 1. The fourth-order valence-corrected chi connectivity index (χ4v) is 7.88. The van der Waals surface area contributed by atoms with Crippen molar-refractivity contribution in [1.29, 1.82) is 0 Å². The van der Waals surface area contributed by atoms with Crippen molar-refractivity contribution in [2.45, 2.75) is 69.0 Å². The normalized spacial score (nSPS) is 30.7. The minimum absolute atomic E-state index is 0.116. The van der Waals surface area contributed by atoms with E-state index in [9.17, 15) is 13.2 Å². The van der Waals surface area contributed by atoms with E-state index in [1.54, 1.807) is 13.0 Å². The predicted octanol–water partition coefficient (Wildman–Crippen LogP) is 5.37. The summed E-state index contributed by atoms with van der Waals surface area (Å²) in [6, 6.07) is 14.2. The summed E-state index contributed by atoms with van der Waals surface area (Å²) in [5.41, 5.74) is 3.93. The lowest BCUT2D eigenvalue weighted by molar-refractivity contribution is 0.0981. The third-order valence-electron chi connectivity index (χ3n) is 9.39. The van der Waals surface area contributed by atoms with Crippen molar-refractivity contribution in [2.24, 2.45) is 11.8 Å². The number of sulfonamides is 1. The van der Waals surface area contributed by atoms with Crippen LogP contribution >= 0.6 is 0 Å². The maximum absolute atomic E-state index is 13.2. The topological polar surface area (TPSA) is 75.7 Å². The van der Waals surface area contributed by atoms with E-state index in [2.05, 4.69) is 46.0 Å². The van der Waals surface area contributed by atoms with Gasteiger partial charge in [0.15, 0.2) is 0 Å². The SMILES string of the molecule is CC1CCC=CCC2CCC2CN2CC3(CCCc4ccccc43)COc3ccc(cc32)C(=O)NS1(=O)=O. The van der Waals surface area contributed by atoms with E-state index in [1.165, 1.54) is 24.0 Å². The molecule has 2 aliphatic carbocycles. The highest BCUT2D eigenvalue weighted by Crippen LogP contribution is 2.46. The Labute approximate surface area is 226 Å². The maximum Gasteiger partial charge on any atom is 0.264 e. The molecule has 2 heterocycles. The van der Waals surface area contributed by atoms with Gasteiger partial charge in [0, 0.05) is 24.1 Å². The molecule has 0 saturated heterocycles. The first kappa shape index (κ1) is 25.5. The van der Waals surface area contributed by atoms with Gasteiger partial charge in [-0.2, -0.15) is 0 Å². The molecule has 38 heavy (non-hydrogen) atoms. The number of nitrogens with zero attached hydrogens (tertiary/aromatic N) is 1. The number of carbonyl (C=O) groups excluding carboxylic acids is 1. The second kappa shape index (κ2) is 10.1. The monoisotopic (exact) mass is 534 g/mol. The first-order chi connectivity index (χ1) is 18.3. The number of hydrogen-bond donors (Lipinski definition) is 1. The highest BCUT2D eigenvalue weighted by Gasteiger charge is 2.43. The minimum Gasteiger partial charge on any atom is -0.490 e. The lowest BCUT2D eigenvalue weighted by Gasteiger charge is -2.44. The number of hydrogen-bond acceptors (Lipinski definition) is 5. The Morgan fingerprint density at radius 3 is 2.74 bits per heavy atom. The van der Waals surface area contributed by atoms with Crippen LogP contribution < -0.4 is 14.4 Å². The van der Waals surface area contributed by atoms with Crippen molar-refractivity contribution >= 4 is 21.6 Å². The third kappa shape index (κ3) is 4.74. The van der Waals surface area contributed by atoms with Crippen molar-refractivity contribution in [3.05, 3.63) is 71.3 Å². The lowest BCUT2D eigenvalue weighted by atomic mass is 9.69. The van der Waals surface area contributed by atoms with E-state index in [4.69, 9.17) is 4.74 Å². The second-order valence-corrected chi connectivity index (χ2v) is 13.9. The van der Waals surface area contributed by atoms with E-state index in [0.717, 1.165) is 50.2 Å². The predicted molar refractivity (Wildman–Crippen MR) is 150 cm³/mol. The molecule has 2 aliphatic heterocycles. The van der Waals surface area contributed by atoms with Crippen LogP contribution in [0.1, 0.15) is 73.4 Å². The summed E-state index contributed by atoms with van der Waals surface area (Å²) >= 11 is 0. The Morgan fingerprint density at radius 1 is 1.05 bits per heavy atom. The van der Waals surface area contributed by atoms with Gasteiger partial charge in [0.05, 0.1) is 17.5 Å². The molecule has 0 radical (unpaired) electrons. The number of amides is 1. The molecule has 6 nitrogen and oxygen atoms in total. The molecule has 6 rings (SSSR count). The Bertz CT molecular complexity index is 1350. The largest absolute Gasteiger partial charge is 0.490 e. The standard InChI is InChI=1S/C31H38N2O4S/c1-22-8-3-2-4-9-23-13-14-26(23)19-33-20-31(17-7-11-24-10-5-6-12-27(24)31)21-37-29-16-15-25(18-28(29)33)30(34)32-38(22,35)36/h2,4-6,10,12,15-16,18,22-23,26H,3,7-9,11,13-14,17,19-21H2,1H3,(H,32,34). The molecule has 1 N–H and O–H groups in total. The Kier molecular flexibility index (Phi) is 6.75. The average Bonchev–Trinajstić information content (AvgIpc) is 3.05. The highest BCUT2D eigenvalue weighted by molar-refractivity contribution is 7.90. The molecule has 202 valence electrons. The number of allylic oxidation sites excluding steroid dienone is 2. The Balaban J connectivity index is 1.41. The molecule has 0 aromatic heterocycles. The van der Waals surface area contributed by atoms with E-state index in [0.29, 0.717) is 36.8 Å². The summed E-state index contributed by atoms with van der Waals surface area (Å²) in [5.74, 6) is 1.42. The van der Waals surface area contributed by atoms with Gasteiger partial charge in [-0.15, -0.1) is 0 Å². The summed E-state index contributed by atoms with van der Waals surface area (Å²) in [7, 11) is -3.77. The second-order valence-electron chi connectivity index (χ2n) is 11.8. The summed E-state index contributed by atoms with van der Waals surface area (Å²) < 4.78 is 34.6. The van der Waals surface area contributed by atoms with E-state index < -0.39 is 21.2 Å². The van der Waals surface area contributed by atoms with Crippen molar-refractivity contribution in [3.63, 3.8) is 0 Å². The molecule has 1 fully saturated rings. The van der Waals surface area contributed by atoms with Crippen molar-refractivity contribution < 1.29 is 17.9 Å². The van der Waals surface area contributed by atoms with Gasteiger partial charge in [-0.05, 0) is 99.5 Å². The van der Waals surface area contributed by atoms with Gasteiger partial charge in [0.2, 0.25) is 10.0 Å². The highest BCUT2D eigenvalue weighted by atomic mass is 32.2. The van der Waals surface area contributed by atoms with Gasteiger partial charge in [0.1, 0.15) is 5.75 Å². The maximum atomic E-state index is 13.2. The number of benzene rings is 2. The van der Waals surface area contributed by atoms with Crippen LogP contribution in [0.4, 0.5) is 5.69 Å². The molecular weight excluding hydrogens is 496 g/mol. The lowest BCUT2D eigenvalue weighted by Crippen LogP contribution is -2.48. The number of aryl methyl sites for hydroxylation is 1. The molecule has 4 unspecified atom stereocenters. The quantitative estimate of drug-likeness (QED) is 0.460. The van der Waals surface area contributed by atoms with Crippen molar-refractivity contribution in [1.82, 2.24) is 4.72 Å². The van der Waals surface area contributed by atoms with E-state index >= 15 is 0 Å². The first-order valence-corrected chi connectivity index (χ1v) is 15.7. The van der Waals surface area contributed by atoms with Crippen LogP contribution in [0.2, 0.25) is 0 Å². The van der Waals surface area contributed by atoms with Crippen LogP contribution in [0.15, 0.2) is 54.6 Å². The summed E-state index contributed by atoms with van der Waals surface area (Å²) in [6.45, 7) is 4.01. The molecular formula is C31H38N2O4S. The van der Waals surface area contributed by atoms with Crippen LogP contribution in [0.25, 0.3) is 0 Å². The Morgan fingerprint density at radius 2 is 1.89 bits per heavy atom. The molecule has 2 bridgehead atoms. The molecule has 1 amide bonds. The minimum atomic E-state index is -3.77. The summed E-state index contributed by atoms with van der Waals surface area (Å²) in [4.78, 5) is 15.6. The number of anilines is 1. The number of rotatable bonds is 0. The van der Waals surface area contributed by atoms with E-state index in [-0.39, 0.29) is 5.41 Å². The Hall–Kier alpha value is -2.80. The molecule has 1 spiro atoms. The molecule has 2 aromatic carbocycles. The smallest absolute Gasteiger partial charge is 0.264 e. The molecule has 4 atom stereocenters. The van der Waals surface area contributed by atoms with Gasteiger partial charge in [-0.3, -0.25) is 4.79 Å². The van der Waals surface area contributed by atoms with Crippen LogP contribution in [0, 0.1) is 11.8 Å². The molecule has 7 heteroatoms. The van der Waals surface area contributed by atoms with Crippen LogP contribution in [-0.2, 0) is 21.9 Å². The van der Waals surface area contributed by atoms with Gasteiger partial charge >= 0.3 is 0 Å². The van der Waals surface area contributed by atoms with Gasteiger partial charge < -0.3 is 9.64 Å². The van der Waals surface area contributed by atoms with Crippen molar-refractivity contribution in [2.75, 3.05) is 24.6 Å². The van der Waals surface area contributed by atoms with Gasteiger partial charge in [0.25, 0.3) is 5.91 Å². The van der Waals surface area contributed by atoms with Crippen LogP contribution in [0.5, 0.6) is 5.75 Å². The van der Waals surface area contributed by atoms with E-state index in [1.807, 2.05) is 12.1 Å². The van der Waals surface area contributed by atoms with Crippen molar-refractivity contribution in [3.8, 4) is 5.75 Å². The van der Waals surface area contributed by atoms with Crippen LogP contribution in [0.3, 0.4) is 0 Å². The first-order valence-electron chi connectivity index (χ1n) is 14.2. The van der Waals surface area contributed by atoms with Crippen LogP contribution in [-0.4, -0.2) is 39.3 Å². The molecule has 4 aliphatic rings. The summed E-state index contributed by atoms with van der Waals surface area (Å²) in [5, 5.41) is -0.646. The number of nitrogens with one attached hydrogen (secondary N) is 1. The fourth-order valence-electron chi connectivity index (χ4n) is 6.86. The summed E-state index contributed by atoms with van der Waals surface area (Å²) in [6.07, 6.45) is 12.3. The molecule has 2 aromatic rings. The number of ether oxygens (including phenoxy) is 1. The zero-order chi connectivity index (χ0) is 26.3. The third-order valence-corrected chi connectivity index (χ3v) is 11.2. The zero-order valence-electron chi connectivity index (χ0n) is 22.2. The van der Waals surface area contributed by atoms with Gasteiger partial charge in [-0.25, -0.2) is 13.1 Å². The fraction of sp³-hybridized carbons (Fsp3) is 0.516. The zero-order valence-corrected chi connectivity index (χ0v) is 23.0. The number of fused-ring (bicyclic) bond motifs is 4.